The zero-order valence-corrected chi connectivity index (χ0v) is 18.8. The van der Waals surface area contributed by atoms with E-state index in [9.17, 15) is 5.11 Å². The summed E-state index contributed by atoms with van der Waals surface area (Å²) >= 11 is 0. The van der Waals surface area contributed by atoms with Crippen molar-refractivity contribution in [2.75, 3.05) is 32.7 Å². The third kappa shape index (κ3) is 4.67. The van der Waals surface area contributed by atoms with Gasteiger partial charge in [-0.05, 0) is 81.4 Å². The van der Waals surface area contributed by atoms with Crippen molar-refractivity contribution in [3.63, 3.8) is 0 Å². The number of benzene rings is 2. The van der Waals surface area contributed by atoms with Gasteiger partial charge in [-0.25, -0.2) is 0 Å². The Balaban J connectivity index is 1.27. The zero-order chi connectivity index (χ0) is 21.2. The lowest BCUT2D eigenvalue weighted by atomic mass is 9.83. The minimum Gasteiger partial charge on any atom is -0.507 e. The van der Waals surface area contributed by atoms with Crippen molar-refractivity contribution in [1.82, 2.24) is 9.80 Å². The number of rotatable bonds is 5. The number of fused-ring (bicyclic) bond motifs is 1. The van der Waals surface area contributed by atoms with Gasteiger partial charge in [0.25, 0.3) is 0 Å². The van der Waals surface area contributed by atoms with Crippen LogP contribution in [0.4, 0.5) is 0 Å². The molecule has 2 aromatic carbocycles. The maximum Gasteiger partial charge on any atom is 0.122 e. The summed E-state index contributed by atoms with van der Waals surface area (Å²) < 4.78 is 6.79. The van der Waals surface area contributed by atoms with E-state index in [1.165, 1.54) is 49.9 Å². The second-order valence-electron chi connectivity index (χ2n) is 9.77. The molecule has 2 unspecified atom stereocenters. The van der Waals surface area contributed by atoms with Crippen molar-refractivity contribution < 1.29 is 9.84 Å². The summed E-state index contributed by atoms with van der Waals surface area (Å²) in [7, 11) is 0. The Morgan fingerprint density at radius 2 is 1.68 bits per heavy atom. The van der Waals surface area contributed by atoms with E-state index >= 15 is 0 Å². The van der Waals surface area contributed by atoms with Gasteiger partial charge in [-0.3, -0.25) is 4.90 Å². The molecule has 1 N–H and O–H groups in total. The molecule has 0 aliphatic carbocycles. The van der Waals surface area contributed by atoms with E-state index in [2.05, 4.69) is 52.3 Å². The molecule has 0 aromatic heterocycles. The fourth-order valence-electron chi connectivity index (χ4n) is 5.76. The number of nitrogens with zero attached hydrogens (tertiary/aromatic N) is 2. The number of hydrogen-bond acceptors (Lipinski definition) is 4. The molecule has 3 aliphatic heterocycles. The fraction of sp³-hybridized carbons (Fsp3) is 0.556. The summed E-state index contributed by atoms with van der Waals surface area (Å²) in [6.07, 6.45) is 6.09. The normalized spacial score (nSPS) is 25.6. The van der Waals surface area contributed by atoms with E-state index < -0.39 is 0 Å². The van der Waals surface area contributed by atoms with Crippen LogP contribution in [-0.2, 0) is 17.7 Å². The lowest BCUT2D eigenvalue weighted by Gasteiger charge is -2.41. The van der Waals surface area contributed by atoms with Gasteiger partial charge in [-0.1, -0.05) is 42.5 Å². The van der Waals surface area contributed by atoms with Crippen LogP contribution >= 0.6 is 0 Å². The molecular weight excluding hydrogens is 384 g/mol. The Labute approximate surface area is 186 Å². The number of aromatic hydroxyl groups is 1. The molecule has 2 atom stereocenters. The summed E-state index contributed by atoms with van der Waals surface area (Å²) in [5.74, 6) is 1.07. The van der Waals surface area contributed by atoms with Crippen LogP contribution in [0.3, 0.4) is 0 Å². The standard InChI is InChI=1S/C27H36N2O2/c1-20-9-10-23-24(27(20)30)17-25(31-26(23)19-28-13-5-6-14-28)22-11-15-29(16-12-22)18-21-7-3-2-4-8-21/h2-4,7-10,22,25-26,30H,5-6,11-19H2,1H3. The van der Waals surface area contributed by atoms with Gasteiger partial charge in [0.15, 0.2) is 0 Å². The number of likely N-dealkylation sites (tertiary alicyclic amines) is 2. The van der Waals surface area contributed by atoms with Gasteiger partial charge < -0.3 is 14.7 Å². The summed E-state index contributed by atoms with van der Waals surface area (Å²) in [6, 6.07) is 15.0. The molecule has 4 nitrogen and oxygen atoms in total. The van der Waals surface area contributed by atoms with Crippen LogP contribution in [0.15, 0.2) is 42.5 Å². The molecule has 3 heterocycles. The smallest absolute Gasteiger partial charge is 0.122 e. The second kappa shape index (κ2) is 9.32. The van der Waals surface area contributed by atoms with Gasteiger partial charge in [0, 0.05) is 25.1 Å². The monoisotopic (exact) mass is 420 g/mol. The second-order valence-corrected chi connectivity index (χ2v) is 9.77. The van der Waals surface area contributed by atoms with E-state index in [4.69, 9.17) is 4.74 Å². The lowest BCUT2D eigenvalue weighted by molar-refractivity contribution is -0.0778. The van der Waals surface area contributed by atoms with E-state index in [0.29, 0.717) is 11.7 Å². The first-order valence-corrected chi connectivity index (χ1v) is 12.1. The quantitative estimate of drug-likeness (QED) is 0.761. The lowest BCUT2D eigenvalue weighted by Crippen LogP contribution is -2.42. The van der Waals surface area contributed by atoms with Crippen molar-refractivity contribution in [2.24, 2.45) is 5.92 Å². The Kier molecular flexibility index (Phi) is 6.31. The van der Waals surface area contributed by atoms with Gasteiger partial charge >= 0.3 is 0 Å². The maximum absolute atomic E-state index is 10.9. The first-order chi connectivity index (χ1) is 15.2. The predicted octanol–water partition coefficient (Wildman–Crippen LogP) is 4.69. The fourth-order valence-corrected chi connectivity index (χ4v) is 5.76. The Bertz CT molecular complexity index is 870. The van der Waals surface area contributed by atoms with Gasteiger partial charge in [-0.15, -0.1) is 0 Å². The van der Waals surface area contributed by atoms with Crippen LogP contribution in [0.1, 0.15) is 54.0 Å². The first-order valence-electron chi connectivity index (χ1n) is 12.1. The number of phenols is 1. The Hall–Kier alpha value is -1.88. The highest BCUT2D eigenvalue weighted by Crippen LogP contribution is 2.41. The van der Waals surface area contributed by atoms with Gasteiger partial charge in [-0.2, -0.15) is 0 Å². The van der Waals surface area contributed by atoms with E-state index in [1.807, 2.05) is 6.92 Å². The van der Waals surface area contributed by atoms with E-state index in [-0.39, 0.29) is 12.2 Å². The highest BCUT2D eigenvalue weighted by Gasteiger charge is 2.36. The Morgan fingerprint density at radius 3 is 2.42 bits per heavy atom. The van der Waals surface area contributed by atoms with Gasteiger partial charge in [0.1, 0.15) is 5.75 Å². The van der Waals surface area contributed by atoms with Crippen molar-refractivity contribution in [2.45, 2.75) is 57.8 Å². The highest BCUT2D eigenvalue weighted by molar-refractivity contribution is 5.47. The highest BCUT2D eigenvalue weighted by atomic mass is 16.5. The summed E-state index contributed by atoms with van der Waals surface area (Å²) in [4.78, 5) is 5.11. The molecule has 0 bridgehead atoms. The molecule has 5 rings (SSSR count). The van der Waals surface area contributed by atoms with Crippen LogP contribution in [-0.4, -0.2) is 53.7 Å². The van der Waals surface area contributed by atoms with Crippen LogP contribution in [0, 0.1) is 12.8 Å². The molecule has 4 heteroatoms. The minimum absolute atomic E-state index is 0.0840. The summed E-state index contributed by atoms with van der Waals surface area (Å²) in [5.41, 5.74) is 4.74. The number of phenolic OH excluding ortho intramolecular Hbond substituents is 1. The largest absolute Gasteiger partial charge is 0.507 e. The minimum atomic E-state index is 0.0840. The number of piperidine rings is 1. The molecular formula is C27H36N2O2. The molecule has 31 heavy (non-hydrogen) atoms. The van der Waals surface area contributed by atoms with Gasteiger partial charge in [0.2, 0.25) is 0 Å². The third-order valence-electron chi connectivity index (χ3n) is 7.64. The molecule has 0 amide bonds. The Morgan fingerprint density at radius 1 is 0.935 bits per heavy atom. The summed E-state index contributed by atoms with van der Waals surface area (Å²) in [5, 5.41) is 10.9. The van der Waals surface area contributed by atoms with E-state index in [1.54, 1.807) is 0 Å². The van der Waals surface area contributed by atoms with Gasteiger partial charge in [0.05, 0.1) is 12.2 Å². The molecule has 166 valence electrons. The van der Waals surface area contributed by atoms with Crippen LogP contribution in [0.2, 0.25) is 0 Å². The van der Waals surface area contributed by atoms with Crippen LogP contribution in [0.25, 0.3) is 0 Å². The predicted molar refractivity (Wildman–Crippen MR) is 124 cm³/mol. The molecule has 2 fully saturated rings. The summed E-state index contributed by atoms with van der Waals surface area (Å²) in [6.45, 7) is 8.62. The molecule has 0 saturated carbocycles. The van der Waals surface area contributed by atoms with E-state index in [0.717, 1.165) is 43.7 Å². The zero-order valence-electron chi connectivity index (χ0n) is 18.8. The maximum atomic E-state index is 10.9. The number of ether oxygens (including phenoxy) is 1. The average Bonchev–Trinajstić information content (AvgIpc) is 3.31. The third-order valence-corrected chi connectivity index (χ3v) is 7.64. The number of aryl methyl sites for hydroxylation is 1. The van der Waals surface area contributed by atoms with Crippen molar-refractivity contribution >= 4 is 0 Å². The topological polar surface area (TPSA) is 35.9 Å². The molecule has 3 aliphatic rings. The SMILES string of the molecule is Cc1ccc2c(c1O)CC(C1CCN(Cc3ccccc3)CC1)OC2CN1CCCC1. The average molecular weight is 421 g/mol. The van der Waals surface area contributed by atoms with Crippen LogP contribution < -0.4 is 0 Å². The molecule has 0 spiro atoms. The number of hydrogen-bond donors (Lipinski definition) is 1. The molecule has 0 radical (unpaired) electrons. The molecule has 2 aromatic rings. The first kappa shape index (κ1) is 21.0. The molecule has 2 saturated heterocycles. The van der Waals surface area contributed by atoms with Crippen molar-refractivity contribution in [3.05, 3.63) is 64.7 Å². The van der Waals surface area contributed by atoms with Crippen LogP contribution in [0.5, 0.6) is 5.75 Å². The van der Waals surface area contributed by atoms with Crippen molar-refractivity contribution in [3.8, 4) is 5.75 Å². The van der Waals surface area contributed by atoms with Crippen molar-refractivity contribution in [1.29, 1.82) is 0 Å².